The van der Waals surface area contributed by atoms with E-state index in [2.05, 4.69) is 121 Å². The molecule has 0 heteroatoms. The number of hydrogen-bond acceptors (Lipinski definition) is 0. The molecule has 0 aromatic heterocycles. The molecule has 0 fully saturated rings. The van der Waals surface area contributed by atoms with Gasteiger partial charge in [-0.1, -0.05) is 135 Å². The van der Waals surface area contributed by atoms with Crippen LogP contribution in [0.25, 0.3) is 64.6 Å². The van der Waals surface area contributed by atoms with Crippen LogP contribution in [0.15, 0.2) is 121 Å². The molecule has 0 aliphatic rings. The Kier molecular flexibility index (Phi) is 5.00. The van der Waals surface area contributed by atoms with Gasteiger partial charge in [-0.25, -0.2) is 0 Å². The lowest BCUT2D eigenvalue weighted by atomic mass is 9.95. The average molecular weight is 435 g/mol. The molecule has 0 heterocycles. The van der Waals surface area contributed by atoms with Crippen molar-refractivity contribution >= 4 is 64.6 Å². The highest BCUT2D eigenvalue weighted by molar-refractivity contribution is 6.23. The average Bonchev–Trinajstić information content (AvgIpc) is 2.92. The number of benzene rings is 8. The Morgan fingerprint density at radius 3 is 0.529 bits per heavy atom. The lowest BCUT2D eigenvalue weighted by Crippen LogP contribution is -1.82. The van der Waals surface area contributed by atoms with E-state index in [-0.39, 0.29) is 0 Å². The number of hydrogen-bond donors (Lipinski definition) is 0. The molecule has 0 saturated heterocycles. The SMILES string of the molecule is CC.c1cc2ccc3cccc4ccc(c1)c2c34.c1cc2ccc3cccc4ccc(c1)c2c34. The van der Waals surface area contributed by atoms with Crippen LogP contribution in [0.2, 0.25) is 0 Å². The fourth-order valence-electron chi connectivity index (χ4n) is 5.34. The Bertz CT molecular complexity index is 1470. The molecule has 0 nitrogen and oxygen atoms in total. The summed E-state index contributed by atoms with van der Waals surface area (Å²) in [5.41, 5.74) is 0. The van der Waals surface area contributed by atoms with Crippen LogP contribution in [0.3, 0.4) is 0 Å². The van der Waals surface area contributed by atoms with E-state index in [0.29, 0.717) is 0 Å². The maximum atomic E-state index is 2.21. The summed E-state index contributed by atoms with van der Waals surface area (Å²) in [6.07, 6.45) is 0. The first-order chi connectivity index (χ1) is 16.9. The van der Waals surface area contributed by atoms with Crippen molar-refractivity contribution in [3.63, 3.8) is 0 Å². The molecule has 0 aliphatic heterocycles. The van der Waals surface area contributed by atoms with Gasteiger partial charge in [0, 0.05) is 0 Å². The van der Waals surface area contributed by atoms with Crippen molar-refractivity contribution in [1.29, 1.82) is 0 Å². The zero-order valence-electron chi connectivity index (χ0n) is 19.5. The van der Waals surface area contributed by atoms with Crippen LogP contribution in [-0.4, -0.2) is 0 Å². The first-order valence-electron chi connectivity index (χ1n) is 12.1. The molecule has 0 unspecified atom stereocenters. The van der Waals surface area contributed by atoms with Crippen LogP contribution < -0.4 is 0 Å². The van der Waals surface area contributed by atoms with Crippen LogP contribution in [0.1, 0.15) is 13.8 Å². The van der Waals surface area contributed by atoms with E-state index in [1.165, 1.54) is 64.6 Å². The largest absolute Gasteiger partial charge is 0.0683 e. The molecular weight excluding hydrogens is 408 g/mol. The zero-order valence-corrected chi connectivity index (χ0v) is 19.5. The first-order valence-corrected chi connectivity index (χ1v) is 12.1. The second-order valence-electron chi connectivity index (χ2n) is 8.58. The van der Waals surface area contributed by atoms with E-state index in [9.17, 15) is 0 Å². The van der Waals surface area contributed by atoms with Crippen molar-refractivity contribution in [2.75, 3.05) is 0 Å². The normalized spacial score (nSPS) is 11.2. The first kappa shape index (κ1) is 20.4. The monoisotopic (exact) mass is 434 g/mol. The van der Waals surface area contributed by atoms with Crippen LogP contribution in [0.5, 0.6) is 0 Å². The maximum Gasteiger partial charge on any atom is -0.00268 e. The molecule has 0 atom stereocenters. The molecule has 8 aromatic carbocycles. The second-order valence-corrected chi connectivity index (χ2v) is 8.58. The van der Waals surface area contributed by atoms with Crippen molar-refractivity contribution in [1.82, 2.24) is 0 Å². The Morgan fingerprint density at radius 1 is 0.235 bits per heavy atom. The van der Waals surface area contributed by atoms with Crippen molar-refractivity contribution in [2.45, 2.75) is 13.8 Å². The molecule has 34 heavy (non-hydrogen) atoms. The van der Waals surface area contributed by atoms with Crippen molar-refractivity contribution in [3.8, 4) is 0 Å². The number of rotatable bonds is 0. The van der Waals surface area contributed by atoms with Crippen molar-refractivity contribution < 1.29 is 0 Å². The highest BCUT2D eigenvalue weighted by Gasteiger charge is 2.07. The Morgan fingerprint density at radius 2 is 0.382 bits per heavy atom. The third-order valence-electron chi connectivity index (χ3n) is 6.79. The third kappa shape index (κ3) is 3.15. The van der Waals surface area contributed by atoms with Crippen LogP contribution in [-0.2, 0) is 0 Å². The Hall–Kier alpha value is -4.16. The summed E-state index contributed by atoms with van der Waals surface area (Å²) in [7, 11) is 0. The van der Waals surface area contributed by atoms with E-state index in [1.807, 2.05) is 13.8 Å². The molecule has 8 aromatic rings. The lowest BCUT2D eigenvalue weighted by Gasteiger charge is -2.09. The van der Waals surface area contributed by atoms with Gasteiger partial charge in [0.05, 0.1) is 0 Å². The van der Waals surface area contributed by atoms with Gasteiger partial charge in [0.15, 0.2) is 0 Å². The van der Waals surface area contributed by atoms with Gasteiger partial charge in [-0.05, 0) is 64.6 Å². The second kappa shape index (κ2) is 8.32. The molecule has 0 aliphatic carbocycles. The van der Waals surface area contributed by atoms with E-state index in [1.54, 1.807) is 0 Å². The summed E-state index contributed by atoms with van der Waals surface area (Å²) in [4.78, 5) is 0. The quantitative estimate of drug-likeness (QED) is 0.208. The third-order valence-corrected chi connectivity index (χ3v) is 6.79. The van der Waals surface area contributed by atoms with Gasteiger partial charge < -0.3 is 0 Å². The van der Waals surface area contributed by atoms with Crippen molar-refractivity contribution in [3.05, 3.63) is 121 Å². The minimum absolute atomic E-state index is 1.34. The summed E-state index contributed by atoms with van der Waals surface area (Å²) in [5.74, 6) is 0. The zero-order chi connectivity index (χ0) is 23.1. The fourth-order valence-corrected chi connectivity index (χ4v) is 5.34. The molecule has 8 rings (SSSR count). The summed E-state index contributed by atoms with van der Waals surface area (Å²) in [6, 6.07) is 43.7. The fraction of sp³-hybridized carbons (Fsp3) is 0.0588. The van der Waals surface area contributed by atoms with Gasteiger partial charge in [-0.15, -0.1) is 0 Å². The summed E-state index contributed by atoms with van der Waals surface area (Å²) in [6.45, 7) is 4.00. The summed E-state index contributed by atoms with van der Waals surface area (Å²) >= 11 is 0. The van der Waals surface area contributed by atoms with Crippen LogP contribution in [0, 0.1) is 0 Å². The maximum absolute atomic E-state index is 2.21. The molecule has 162 valence electrons. The van der Waals surface area contributed by atoms with Gasteiger partial charge in [0.1, 0.15) is 0 Å². The van der Waals surface area contributed by atoms with E-state index >= 15 is 0 Å². The molecular formula is C34H26. The Labute approximate surface area is 199 Å². The smallest absolute Gasteiger partial charge is 0.00268 e. The van der Waals surface area contributed by atoms with Crippen LogP contribution >= 0.6 is 0 Å². The van der Waals surface area contributed by atoms with Gasteiger partial charge in [-0.3, -0.25) is 0 Å². The molecule has 0 amide bonds. The summed E-state index contributed by atoms with van der Waals surface area (Å²) < 4.78 is 0. The predicted molar refractivity (Wildman–Crippen MR) is 152 cm³/mol. The highest BCUT2D eigenvalue weighted by atomic mass is 14.1. The lowest BCUT2D eigenvalue weighted by molar-refractivity contribution is 1.50. The van der Waals surface area contributed by atoms with Gasteiger partial charge in [0.2, 0.25) is 0 Å². The minimum atomic E-state index is 1.34. The van der Waals surface area contributed by atoms with Gasteiger partial charge >= 0.3 is 0 Å². The topological polar surface area (TPSA) is 0 Å². The molecule has 0 saturated carbocycles. The van der Waals surface area contributed by atoms with E-state index in [0.717, 1.165) is 0 Å². The highest BCUT2D eigenvalue weighted by Crippen LogP contribution is 2.35. The summed E-state index contributed by atoms with van der Waals surface area (Å²) in [5, 5.41) is 16.3. The van der Waals surface area contributed by atoms with E-state index < -0.39 is 0 Å². The Balaban J connectivity index is 0.000000119. The molecule has 0 N–H and O–H groups in total. The molecule has 0 spiro atoms. The molecule has 0 bridgehead atoms. The van der Waals surface area contributed by atoms with Crippen LogP contribution in [0.4, 0.5) is 0 Å². The van der Waals surface area contributed by atoms with Crippen molar-refractivity contribution in [2.24, 2.45) is 0 Å². The minimum Gasteiger partial charge on any atom is -0.0683 e. The van der Waals surface area contributed by atoms with E-state index in [4.69, 9.17) is 0 Å². The standard InChI is InChI=1S/2C16H10.C2H6/c2*1-3-11-7-9-13-5-2-6-14-10-8-12(4-1)15(11)16(13)14;1-2/h2*1-10H;1-2H3. The molecule has 0 radical (unpaired) electrons. The van der Waals surface area contributed by atoms with Gasteiger partial charge in [0.25, 0.3) is 0 Å². The van der Waals surface area contributed by atoms with Gasteiger partial charge in [-0.2, -0.15) is 0 Å². The predicted octanol–water partition coefficient (Wildman–Crippen LogP) is 10.2.